The van der Waals surface area contributed by atoms with E-state index in [0.717, 1.165) is 23.4 Å². The lowest BCUT2D eigenvalue weighted by Gasteiger charge is -2.24. The lowest BCUT2D eigenvalue weighted by Crippen LogP contribution is -2.21. The first kappa shape index (κ1) is 19.8. The summed E-state index contributed by atoms with van der Waals surface area (Å²) >= 11 is 5.94. The second kappa shape index (κ2) is 7.51. The van der Waals surface area contributed by atoms with Crippen molar-refractivity contribution in [2.24, 2.45) is 0 Å². The van der Waals surface area contributed by atoms with E-state index in [1.807, 2.05) is 12.1 Å². The summed E-state index contributed by atoms with van der Waals surface area (Å²) in [6.07, 6.45) is -4.63. The van der Waals surface area contributed by atoms with E-state index in [4.69, 9.17) is 20.9 Å². The van der Waals surface area contributed by atoms with E-state index in [2.05, 4.69) is 15.2 Å². The average Bonchev–Trinajstić information content (AvgIpc) is 3.40. The maximum Gasteiger partial charge on any atom is 0.416 e. The molecule has 1 aliphatic heterocycles. The predicted molar refractivity (Wildman–Crippen MR) is 105 cm³/mol. The van der Waals surface area contributed by atoms with Gasteiger partial charge in [0.1, 0.15) is 6.10 Å². The number of fused-ring (bicyclic) bond motifs is 1. The molecular formula is C21H14ClF3N4O2. The number of ether oxygens (including phenoxy) is 1. The normalized spacial score (nSPS) is 16.3. The van der Waals surface area contributed by atoms with Crippen LogP contribution in [0.1, 0.15) is 22.9 Å². The van der Waals surface area contributed by atoms with E-state index in [1.54, 1.807) is 22.9 Å². The Hall–Kier alpha value is -3.17. The van der Waals surface area contributed by atoms with Crippen LogP contribution in [0.3, 0.4) is 0 Å². The Bertz CT molecular complexity index is 1230. The van der Waals surface area contributed by atoms with Gasteiger partial charge in [0.15, 0.2) is 5.69 Å². The summed E-state index contributed by atoms with van der Waals surface area (Å²) in [4.78, 5) is 4.23. The molecule has 0 saturated heterocycles. The molecular weight excluding hydrogens is 433 g/mol. The van der Waals surface area contributed by atoms with Crippen molar-refractivity contribution in [2.45, 2.75) is 25.4 Å². The molecule has 10 heteroatoms. The monoisotopic (exact) mass is 446 g/mol. The average molecular weight is 447 g/mol. The first-order valence-electron chi connectivity index (χ1n) is 9.32. The van der Waals surface area contributed by atoms with E-state index in [0.29, 0.717) is 23.9 Å². The molecule has 1 atom stereocenters. The number of halogens is 4. The van der Waals surface area contributed by atoms with Crippen LogP contribution in [-0.4, -0.2) is 19.9 Å². The zero-order valence-corrected chi connectivity index (χ0v) is 16.6. The highest BCUT2D eigenvalue weighted by Crippen LogP contribution is 2.33. The zero-order valence-electron chi connectivity index (χ0n) is 15.8. The largest absolute Gasteiger partial charge is 0.416 e. The molecule has 0 spiro atoms. The quantitative estimate of drug-likeness (QED) is 0.413. The first-order chi connectivity index (χ1) is 14.9. The molecule has 0 aliphatic carbocycles. The van der Waals surface area contributed by atoms with Crippen LogP contribution in [0.4, 0.5) is 13.2 Å². The maximum atomic E-state index is 13.0. The van der Waals surface area contributed by atoms with Gasteiger partial charge in [-0.05, 0) is 35.9 Å². The second-order valence-corrected chi connectivity index (χ2v) is 7.49. The van der Waals surface area contributed by atoms with Crippen LogP contribution in [0.5, 0.6) is 0 Å². The molecule has 0 saturated carbocycles. The minimum atomic E-state index is -4.45. The molecule has 4 aromatic rings. The van der Waals surface area contributed by atoms with Crippen molar-refractivity contribution in [3.05, 3.63) is 76.4 Å². The van der Waals surface area contributed by atoms with Gasteiger partial charge in [-0.25, -0.2) is 0 Å². The molecule has 31 heavy (non-hydrogen) atoms. The van der Waals surface area contributed by atoms with Crippen LogP contribution in [0.25, 0.3) is 23.0 Å². The summed E-state index contributed by atoms with van der Waals surface area (Å²) in [5.41, 5.74) is 1.68. The topological polar surface area (TPSA) is 66.0 Å². The van der Waals surface area contributed by atoms with Gasteiger partial charge < -0.3 is 9.26 Å². The Labute approximate surface area is 179 Å². The molecule has 0 radical (unpaired) electrons. The van der Waals surface area contributed by atoms with E-state index < -0.39 is 11.7 Å². The SMILES string of the molecule is FC(F)(F)c1cccc(-c2noc(-c3cc4n(n3)C[C@H](c3ccc(Cl)cc3)OC4)n2)c1. The Morgan fingerprint density at radius 3 is 2.65 bits per heavy atom. The van der Waals surface area contributed by atoms with E-state index in [1.165, 1.54) is 12.1 Å². The molecule has 6 nitrogen and oxygen atoms in total. The van der Waals surface area contributed by atoms with E-state index in [9.17, 15) is 13.2 Å². The van der Waals surface area contributed by atoms with Crippen molar-refractivity contribution < 1.29 is 22.4 Å². The molecule has 5 rings (SSSR count). The van der Waals surface area contributed by atoms with Crippen molar-refractivity contribution in [3.8, 4) is 23.0 Å². The third-order valence-electron chi connectivity index (χ3n) is 4.97. The Balaban J connectivity index is 1.39. The van der Waals surface area contributed by atoms with Gasteiger partial charge in [-0.2, -0.15) is 23.3 Å². The molecule has 158 valence electrons. The molecule has 0 bridgehead atoms. The number of hydrogen-bond donors (Lipinski definition) is 0. The summed E-state index contributed by atoms with van der Waals surface area (Å²) in [6, 6.07) is 14.0. The zero-order chi connectivity index (χ0) is 21.6. The Morgan fingerprint density at radius 2 is 1.87 bits per heavy atom. The van der Waals surface area contributed by atoms with Crippen molar-refractivity contribution in [2.75, 3.05) is 0 Å². The molecule has 2 aromatic heterocycles. The van der Waals surface area contributed by atoms with E-state index in [-0.39, 0.29) is 23.4 Å². The lowest BCUT2D eigenvalue weighted by molar-refractivity contribution is -0.137. The predicted octanol–water partition coefficient (Wildman–Crippen LogP) is 5.54. The van der Waals surface area contributed by atoms with Gasteiger partial charge in [-0.15, -0.1) is 0 Å². The number of rotatable bonds is 3. The number of benzene rings is 2. The van der Waals surface area contributed by atoms with Crippen LogP contribution in [0.2, 0.25) is 5.02 Å². The molecule has 0 amide bonds. The third kappa shape index (κ3) is 3.94. The van der Waals surface area contributed by atoms with Crippen LogP contribution >= 0.6 is 11.6 Å². The lowest BCUT2D eigenvalue weighted by atomic mass is 10.1. The van der Waals surface area contributed by atoms with Gasteiger partial charge in [0, 0.05) is 10.6 Å². The number of nitrogens with zero attached hydrogens (tertiary/aromatic N) is 4. The summed E-state index contributed by atoms with van der Waals surface area (Å²) < 4.78 is 51.9. The van der Waals surface area contributed by atoms with Gasteiger partial charge in [0.25, 0.3) is 5.89 Å². The number of aromatic nitrogens is 4. The van der Waals surface area contributed by atoms with Crippen LogP contribution < -0.4 is 0 Å². The van der Waals surface area contributed by atoms with E-state index >= 15 is 0 Å². The number of alkyl halides is 3. The van der Waals surface area contributed by atoms with Gasteiger partial charge in [0.2, 0.25) is 5.82 Å². The van der Waals surface area contributed by atoms with Crippen molar-refractivity contribution in [1.29, 1.82) is 0 Å². The van der Waals surface area contributed by atoms with Gasteiger partial charge in [0.05, 0.1) is 24.4 Å². The van der Waals surface area contributed by atoms with Gasteiger partial charge in [-0.3, -0.25) is 4.68 Å². The fourth-order valence-corrected chi connectivity index (χ4v) is 3.51. The first-order valence-corrected chi connectivity index (χ1v) is 9.70. The smallest absolute Gasteiger partial charge is 0.365 e. The van der Waals surface area contributed by atoms with Crippen molar-refractivity contribution in [3.63, 3.8) is 0 Å². The minimum Gasteiger partial charge on any atom is -0.365 e. The van der Waals surface area contributed by atoms with Crippen molar-refractivity contribution in [1.82, 2.24) is 19.9 Å². The summed E-state index contributed by atoms with van der Waals surface area (Å²) in [6.45, 7) is 0.834. The highest BCUT2D eigenvalue weighted by atomic mass is 35.5. The van der Waals surface area contributed by atoms with Crippen LogP contribution in [0, 0.1) is 0 Å². The van der Waals surface area contributed by atoms with Gasteiger partial charge >= 0.3 is 6.18 Å². The summed E-state index contributed by atoms with van der Waals surface area (Å²) in [5, 5.41) is 8.98. The molecule has 0 unspecified atom stereocenters. The second-order valence-electron chi connectivity index (χ2n) is 7.06. The van der Waals surface area contributed by atoms with Crippen LogP contribution in [-0.2, 0) is 24.1 Å². The Kier molecular flexibility index (Phi) is 4.79. The third-order valence-corrected chi connectivity index (χ3v) is 5.22. The molecule has 0 N–H and O–H groups in total. The summed E-state index contributed by atoms with van der Waals surface area (Å²) in [5.74, 6) is 0.180. The van der Waals surface area contributed by atoms with Crippen molar-refractivity contribution >= 4 is 11.6 Å². The standard InChI is InChI=1S/C21H14ClF3N4O2/c22-15-6-4-12(5-7-15)18-10-29-16(11-30-18)9-17(27-29)20-26-19(28-31-20)13-2-1-3-14(8-13)21(23,24)25/h1-9,18H,10-11H2/t18-/m1/s1. The van der Waals surface area contributed by atoms with Gasteiger partial charge in [-0.1, -0.05) is 41.0 Å². The summed E-state index contributed by atoms with van der Waals surface area (Å²) in [7, 11) is 0. The van der Waals surface area contributed by atoms with Crippen LogP contribution in [0.15, 0.2) is 59.1 Å². The highest BCUT2D eigenvalue weighted by molar-refractivity contribution is 6.30. The highest BCUT2D eigenvalue weighted by Gasteiger charge is 2.31. The minimum absolute atomic E-state index is 0.0577. The number of hydrogen-bond acceptors (Lipinski definition) is 5. The molecule has 2 aromatic carbocycles. The molecule has 3 heterocycles. The Morgan fingerprint density at radius 1 is 1.06 bits per heavy atom. The fraction of sp³-hybridized carbons (Fsp3) is 0.190. The fourth-order valence-electron chi connectivity index (χ4n) is 3.39. The molecule has 1 aliphatic rings. The molecule has 0 fully saturated rings. The maximum absolute atomic E-state index is 13.0.